The van der Waals surface area contributed by atoms with Crippen molar-refractivity contribution < 1.29 is 48.1 Å². The van der Waals surface area contributed by atoms with Crippen molar-refractivity contribution in [2.24, 2.45) is 5.92 Å². The standard InChI is InChI=1S/C59H68N8O11/c1-37(2)55(73)64-58-63-54-53(57(75)65-58)61-44(33-60-54)34-66(39(4)69)45-24-18-40(19-25-45)56(74)62-51(38(3)68)31-26-47(70)16-12-7-8-13-17-52(72)67-35-48(71)32-46(67)36-78-59(41-14-10-9-11-15-41,42-20-27-49(76-5)28-21-42)43-22-29-50(77-6)30-23-43/h9-11,14-15,18-25,27-30,33,37,46,48,51,71H,7-8,12-13,16-17,26,31-32,34-36H2,1-6H3,(H,62,74)(H2,60,63,64,65,73,75)/t46-,48+,51-/m0/s1. The van der Waals surface area contributed by atoms with Crippen LogP contribution in [0.3, 0.4) is 0 Å². The fraction of sp³-hybridized carbons (Fsp3) is 0.390. The highest BCUT2D eigenvalue weighted by atomic mass is 16.5. The number of ether oxygens (including phenoxy) is 3. The fourth-order valence-electron chi connectivity index (χ4n) is 9.49. The van der Waals surface area contributed by atoms with Crippen LogP contribution in [0.15, 0.2) is 114 Å². The lowest BCUT2D eigenvalue weighted by Gasteiger charge is -2.38. The van der Waals surface area contributed by atoms with Gasteiger partial charge in [-0.1, -0.05) is 81.3 Å². The van der Waals surface area contributed by atoms with Gasteiger partial charge in [0.15, 0.2) is 16.9 Å². The van der Waals surface area contributed by atoms with Gasteiger partial charge in [0.2, 0.25) is 23.7 Å². The zero-order valence-electron chi connectivity index (χ0n) is 45.0. The number of likely N-dealkylation sites (tertiary alicyclic amines) is 1. The Hall–Kier alpha value is -8.16. The second-order valence-electron chi connectivity index (χ2n) is 19.8. The highest BCUT2D eigenvalue weighted by Gasteiger charge is 2.41. The lowest BCUT2D eigenvalue weighted by Crippen LogP contribution is -2.42. The Kier molecular flexibility index (Phi) is 19.7. The Morgan fingerprint density at radius 3 is 2.00 bits per heavy atom. The van der Waals surface area contributed by atoms with Crippen LogP contribution in [0.4, 0.5) is 11.6 Å². The molecule has 1 aliphatic heterocycles. The molecule has 2 aromatic heterocycles. The number of β-amino-alcohol motifs (C(OH)–C–C–N with tert-alkyl or cyclic N) is 1. The number of aromatic nitrogens is 4. The molecular formula is C59H68N8O11. The molecule has 1 saturated heterocycles. The number of carbonyl (C=O) groups is 6. The van der Waals surface area contributed by atoms with E-state index in [1.165, 1.54) is 37.1 Å². The van der Waals surface area contributed by atoms with Gasteiger partial charge in [-0.2, -0.15) is 4.98 Å². The van der Waals surface area contributed by atoms with Gasteiger partial charge in [0, 0.05) is 49.9 Å². The zero-order chi connectivity index (χ0) is 55.9. The van der Waals surface area contributed by atoms with Crippen molar-refractivity contribution in [3.8, 4) is 11.5 Å². The molecule has 0 bridgehead atoms. The first-order valence-electron chi connectivity index (χ1n) is 26.2. The first kappa shape index (κ1) is 57.5. The van der Waals surface area contributed by atoms with Crippen LogP contribution in [0.25, 0.3) is 11.2 Å². The Labute approximate surface area is 453 Å². The maximum Gasteiger partial charge on any atom is 0.280 e. The number of amides is 4. The summed E-state index contributed by atoms with van der Waals surface area (Å²) in [6, 6.07) is 30.3. The van der Waals surface area contributed by atoms with E-state index in [4.69, 9.17) is 14.2 Å². The van der Waals surface area contributed by atoms with Gasteiger partial charge < -0.3 is 34.4 Å². The third kappa shape index (κ3) is 14.4. The van der Waals surface area contributed by atoms with Gasteiger partial charge in [-0.25, -0.2) is 9.97 Å². The van der Waals surface area contributed by atoms with Crippen molar-refractivity contribution in [1.29, 1.82) is 0 Å². The molecule has 1 fully saturated rings. The minimum atomic E-state index is -1.08. The monoisotopic (exact) mass is 1060 g/mol. The molecule has 0 radical (unpaired) electrons. The average molecular weight is 1070 g/mol. The summed E-state index contributed by atoms with van der Waals surface area (Å²) in [5, 5.41) is 16.1. The first-order chi connectivity index (χ1) is 37.5. The van der Waals surface area contributed by atoms with E-state index in [0.717, 1.165) is 29.5 Å². The van der Waals surface area contributed by atoms with Crippen molar-refractivity contribution in [2.45, 2.75) is 116 Å². The van der Waals surface area contributed by atoms with Gasteiger partial charge in [0.1, 0.15) is 22.9 Å². The molecule has 1 aliphatic rings. The molecule has 3 atom stereocenters. The number of Topliss-reactive ketones (excluding diaryl/α,β-unsaturated/α-hetero) is 2. The molecule has 19 heteroatoms. The molecule has 6 aromatic rings. The number of rotatable bonds is 26. The number of aliphatic hydroxyl groups is 1. The van der Waals surface area contributed by atoms with Crippen molar-refractivity contribution in [1.82, 2.24) is 30.2 Å². The van der Waals surface area contributed by atoms with E-state index in [0.29, 0.717) is 42.9 Å². The molecule has 19 nitrogen and oxygen atoms in total. The van der Waals surface area contributed by atoms with Crippen molar-refractivity contribution in [3.05, 3.63) is 148 Å². The fourth-order valence-corrected chi connectivity index (χ4v) is 9.49. The van der Waals surface area contributed by atoms with Crippen LogP contribution >= 0.6 is 0 Å². The summed E-state index contributed by atoms with van der Waals surface area (Å²) in [4.78, 5) is 109. The third-order valence-electron chi connectivity index (χ3n) is 13.9. The minimum Gasteiger partial charge on any atom is -0.497 e. The van der Waals surface area contributed by atoms with Crippen LogP contribution in [0.2, 0.25) is 0 Å². The summed E-state index contributed by atoms with van der Waals surface area (Å²) in [5.74, 6) is -0.628. The Bertz CT molecular complexity index is 3070. The SMILES string of the molecule is COc1ccc(C(OC[C@@H]2C[C@@H](O)CN2C(=O)CCCCCCC(=O)CC[C@H](NC(=O)c2ccc(N(Cc3cnc4nc(NC(=O)C(C)C)[nH]c(=O)c4n3)C(C)=O)cc2)C(C)=O)(c2ccccc2)c2ccc(OC)cc2)cc1. The Morgan fingerprint density at radius 2 is 1.41 bits per heavy atom. The number of hydrogen-bond acceptors (Lipinski definition) is 14. The molecular weight excluding hydrogens is 997 g/mol. The highest BCUT2D eigenvalue weighted by Crippen LogP contribution is 2.42. The quantitative estimate of drug-likeness (QED) is 0.0309. The van der Waals surface area contributed by atoms with Gasteiger partial charge >= 0.3 is 0 Å². The molecule has 410 valence electrons. The van der Waals surface area contributed by atoms with E-state index >= 15 is 0 Å². The predicted octanol–water partition coefficient (Wildman–Crippen LogP) is 7.23. The molecule has 78 heavy (non-hydrogen) atoms. The minimum absolute atomic E-state index is 0.0103. The topological polar surface area (TPSA) is 252 Å². The number of benzene rings is 4. The smallest absolute Gasteiger partial charge is 0.280 e. The maximum atomic E-state index is 13.8. The van der Waals surface area contributed by atoms with E-state index in [-0.39, 0.29) is 109 Å². The maximum absolute atomic E-state index is 13.8. The van der Waals surface area contributed by atoms with Crippen LogP contribution < -0.4 is 30.6 Å². The van der Waals surface area contributed by atoms with Gasteiger partial charge in [0.05, 0.1) is 57.4 Å². The van der Waals surface area contributed by atoms with Gasteiger partial charge in [-0.15, -0.1) is 0 Å². The molecule has 4 aromatic carbocycles. The number of ketones is 2. The number of nitrogens with zero attached hydrogens (tertiary/aromatic N) is 5. The third-order valence-corrected chi connectivity index (χ3v) is 13.9. The molecule has 7 rings (SSSR count). The van der Waals surface area contributed by atoms with Crippen molar-refractivity contribution in [3.63, 3.8) is 0 Å². The van der Waals surface area contributed by atoms with E-state index in [1.54, 1.807) is 45.1 Å². The summed E-state index contributed by atoms with van der Waals surface area (Å²) < 4.78 is 18.0. The first-order valence-corrected chi connectivity index (χ1v) is 26.2. The van der Waals surface area contributed by atoms with E-state index < -0.39 is 29.2 Å². The number of aromatic amines is 1. The van der Waals surface area contributed by atoms with Gasteiger partial charge in [-0.05, 0) is 97.8 Å². The number of unbranched alkanes of at least 4 members (excludes halogenated alkanes) is 3. The van der Waals surface area contributed by atoms with E-state index in [9.17, 15) is 38.7 Å². The highest BCUT2D eigenvalue weighted by molar-refractivity contribution is 5.99. The van der Waals surface area contributed by atoms with Crippen LogP contribution in [0.1, 0.15) is 118 Å². The number of aliphatic hydroxyl groups excluding tert-OH is 1. The summed E-state index contributed by atoms with van der Waals surface area (Å²) in [6.07, 6.45) is 4.49. The van der Waals surface area contributed by atoms with Crippen LogP contribution in [-0.2, 0) is 40.9 Å². The molecule has 0 spiro atoms. The second kappa shape index (κ2) is 26.7. The Balaban J connectivity index is 0.867. The van der Waals surface area contributed by atoms with Gasteiger partial charge in [-0.3, -0.25) is 43.9 Å². The number of carbonyl (C=O) groups excluding carboxylic acids is 6. The number of H-pyrrole nitrogens is 1. The van der Waals surface area contributed by atoms with Crippen LogP contribution in [0.5, 0.6) is 11.5 Å². The van der Waals surface area contributed by atoms with Crippen LogP contribution in [-0.4, -0.2) is 111 Å². The molecule has 4 N–H and O–H groups in total. The number of hydrogen-bond donors (Lipinski definition) is 4. The largest absolute Gasteiger partial charge is 0.497 e. The lowest BCUT2D eigenvalue weighted by atomic mass is 9.80. The molecule has 3 heterocycles. The molecule has 0 unspecified atom stereocenters. The van der Waals surface area contributed by atoms with Crippen LogP contribution in [0, 0.1) is 5.92 Å². The number of anilines is 2. The summed E-state index contributed by atoms with van der Waals surface area (Å²) >= 11 is 0. The van der Waals surface area contributed by atoms with Crippen molar-refractivity contribution in [2.75, 3.05) is 37.6 Å². The molecule has 0 aliphatic carbocycles. The number of methoxy groups -OCH3 is 2. The van der Waals surface area contributed by atoms with Crippen molar-refractivity contribution >= 4 is 58.0 Å². The normalized spacial score (nSPS) is 14.7. The second-order valence-corrected chi connectivity index (χ2v) is 19.8. The summed E-state index contributed by atoms with van der Waals surface area (Å²) in [6.45, 7) is 6.41. The van der Waals surface area contributed by atoms with E-state index in [2.05, 4.69) is 30.6 Å². The Morgan fingerprint density at radius 1 is 0.795 bits per heavy atom. The molecule has 4 amide bonds. The summed E-state index contributed by atoms with van der Waals surface area (Å²) in [7, 11) is 3.23. The molecule has 0 saturated carbocycles. The number of nitrogens with one attached hydrogen (secondary N) is 3. The summed E-state index contributed by atoms with van der Waals surface area (Å²) in [5.41, 5.74) is 1.79. The number of fused-ring (bicyclic) bond motifs is 1. The van der Waals surface area contributed by atoms with Gasteiger partial charge in [0.25, 0.3) is 11.5 Å². The van der Waals surface area contributed by atoms with E-state index in [1.807, 2.05) is 78.9 Å². The predicted molar refractivity (Wildman–Crippen MR) is 293 cm³/mol. The lowest BCUT2D eigenvalue weighted by molar-refractivity contribution is -0.134. The average Bonchev–Trinajstić information content (AvgIpc) is 3.96. The zero-order valence-corrected chi connectivity index (χ0v) is 45.0.